The molecule has 0 radical (unpaired) electrons. The van der Waals surface area contributed by atoms with Gasteiger partial charge in [-0.1, -0.05) is 29.8 Å². The lowest BCUT2D eigenvalue weighted by Crippen LogP contribution is -2.49. The van der Waals surface area contributed by atoms with E-state index in [0.717, 1.165) is 16.0 Å². The highest BCUT2D eigenvalue weighted by Gasteiger charge is 2.39. The van der Waals surface area contributed by atoms with Crippen molar-refractivity contribution in [3.8, 4) is 0 Å². The predicted octanol–water partition coefficient (Wildman–Crippen LogP) is 3.07. The Morgan fingerprint density at radius 3 is 2.78 bits per heavy atom. The van der Waals surface area contributed by atoms with Crippen molar-refractivity contribution in [3.05, 3.63) is 47.5 Å². The van der Waals surface area contributed by atoms with Gasteiger partial charge in [-0.15, -0.1) is 0 Å². The fourth-order valence-corrected chi connectivity index (χ4v) is 6.11. The zero-order chi connectivity index (χ0) is 22.7. The number of carbonyl (C=O) groups is 2. The monoisotopic (exact) mass is 494 g/mol. The van der Waals surface area contributed by atoms with Crippen molar-refractivity contribution in [3.63, 3.8) is 0 Å². The van der Waals surface area contributed by atoms with E-state index in [1.165, 1.54) is 6.07 Å². The Balaban J connectivity index is 1.48. The van der Waals surface area contributed by atoms with Crippen molar-refractivity contribution in [2.24, 2.45) is 0 Å². The van der Waals surface area contributed by atoms with Gasteiger partial charge in [0.15, 0.2) is 6.61 Å². The Morgan fingerprint density at radius 2 is 1.97 bits per heavy atom. The third-order valence-corrected chi connectivity index (χ3v) is 7.87. The zero-order valence-corrected chi connectivity index (χ0v) is 19.1. The smallest absolute Gasteiger partial charge is 0.324 e. The molecule has 1 atom stereocenters. The molecule has 2 heterocycles. The number of benzene rings is 2. The van der Waals surface area contributed by atoms with E-state index in [1.54, 1.807) is 36.4 Å². The number of nitrogens with one attached hydrogen (secondary N) is 1. The largest absolute Gasteiger partial charge is 0.454 e. The molecule has 1 fully saturated rings. The molecule has 1 aliphatic rings. The summed E-state index contributed by atoms with van der Waals surface area (Å²) in [6.07, 6.45) is 1.58. The summed E-state index contributed by atoms with van der Waals surface area (Å²) >= 11 is 6.93. The Bertz CT molecular complexity index is 1260. The van der Waals surface area contributed by atoms with Gasteiger partial charge in [-0.2, -0.15) is 13.1 Å². The number of amides is 1. The average Bonchev–Trinajstić information content (AvgIpc) is 3.28. The summed E-state index contributed by atoms with van der Waals surface area (Å²) in [5, 5.41) is 2.91. The Morgan fingerprint density at radius 1 is 1.16 bits per heavy atom. The Kier molecular flexibility index (Phi) is 6.70. The first-order valence-electron chi connectivity index (χ1n) is 9.82. The molecule has 0 aliphatic carbocycles. The van der Waals surface area contributed by atoms with Gasteiger partial charge in [0.1, 0.15) is 22.0 Å². The fourth-order valence-electron chi connectivity index (χ4n) is 3.53. The SMILES string of the molecule is O=C(COC(=O)C1CCCCN1S(=O)(=O)c1cccc2nsnc12)Nc1ccccc1Cl. The fraction of sp³-hybridized carbons (Fsp3) is 0.300. The summed E-state index contributed by atoms with van der Waals surface area (Å²) in [5.41, 5.74) is 1.14. The van der Waals surface area contributed by atoms with E-state index in [4.69, 9.17) is 16.3 Å². The number of hydrogen-bond acceptors (Lipinski definition) is 8. The molecule has 168 valence electrons. The Labute approximate surface area is 193 Å². The summed E-state index contributed by atoms with van der Waals surface area (Å²) in [4.78, 5) is 24.9. The Hall–Kier alpha value is -2.60. The summed E-state index contributed by atoms with van der Waals surface area (Å²) in [6.45, 7) is -0.387. The van der Waals surface area contributed by atoms with Crippen molar-refractivity contribution in [2.45, 2.75) is 30.2 Å². The van der Waals surface area contributed by atoms with Crippen molar-refractivity contribution >= 4 is 61.9 Å². The van der Waals surface area contributed by atoms with Gasteiger partial charge < -0.3 is 10.1 Å². The molecule has 1 saturated heterocycles. The highest BCUT2D eigenvalue weighted by atomic mass is 35.5. The lowest BCUT2D eigenvalue weighted by atomic mass is 10.1. The van der Waals surface area contributed by atoms with E-state index >= 15 is 0 Å². The van der Waals surface area contributed by atoms with E-state index in [0.29, 0.717) is 35.5 Å². The number of anilines is 1. The molecule has 12 heteroatoms. The van der Waals surface area contributed by atoms with Crippen LogP contribution in [0.15, 0.2) is 47.4 Å². The molecule has 32 heavy (non-hydrogen) atoms. The van der Waals surface area contributed by atoms with Gasteiger partial charge in [0.25, 0.3) is 5.91 Å². The molecule has 9 nitrogen and oxygen atoms in total. The van der Waals surface area contributed by atoms with E-state index in [1.807, 2.05) is 0 Å². The van der Waals surface area contributed by atoms with Crippen LogP contribution in [-0.2, 0) is 24.3 Å². The topological polar surface area (TPSA) is 119 Å². The van der Waals surface area contributed by atoms with Crippen molar-refractivity contribution in [1.29, 1.82) is 0 Å². The molecular weight excluding hydrogens is 476 g/mol. The highest BCUT2D eigenvalue weighted by Crippen LogP contribution is 2.30. The van der Waals surface area contributed by atoms with Crippen LogP contribution >= 0.6 is 23.3 Å². The van der Waals surface area contributed by atoms with Gasteiger partial charge in [-0.25, -0.2) is 8.42 Å². The first kappa shape index (κ1) is 22.6. The van der Waals surface area contributed by atoms with Crippen molar-refractivity contribution in [2.75, 3.05) is 18.5 Å². The molecule has 2 aromatic carbocycles. The van der Waals surface area contributed by atoms with Gasteiger partial charge in [-0.3, -0.25) is 9.59 Å². The number of hydrogen-bond donors (Lipinski definition) is 1. The van der Waals surface area contributed by atoms with Gasteiger partial charge in [-0.05, 0) is 43.5 Å². The third kappa shape index (κ3) is 4.60. The number of aromatic nitrogens is 2. The summed E-state index contributed by atoms with van der Waals surface area (Å²) in [7, 11) is -4.03. The average molecular weight is 495 g/mol. The second-order valence-electron chi connectivity index (χ2n) is 7.15. The van der Waals surface area contributed by atoms with Crippen molar-refractivity contribution < 1.29 is 22.7 Å². The molecule has 1 N–H and O–H groups in total. The van der Waals surface area contributed by atoms with E-state index in [9.17, 15) is 18.0 Å². The number of para-hydroxylation sites is 1. The number of nitrogens with zero attached hydrogens (tertiary/aromatic N) is 3. The summed E-state index contributed by atoms with van der Waals surface area (Å²) in [5.74, 6) is -1.35. The highest BCUT2D eigenvalue weighted by molar-refractivity contribution is 7.89. The van der Waals surface area contributed by atoms with Crippen LogP contribution in [-0.4, -0.2) is 52.5 Å². The summed E-state index contributed by atoms with van der Waals surface area (Å²) < 4.78 is 41.3. The number of piperidine rings is 1. The standard InChI is InChI=1S/C20H19ClN4O5S2/c21-13-6-1-2-7-14(13)22-18(26)12-30-20(27)16-9-3-4-11-25(16)32(28,29)17-10-5-8-15-19(17)24-31-23-15/h1-2,5-8,10,16H,3-4,9,11-12H2,(H,22,26). The van der Waals surface area contributed by atoms with E-state index in [-0.39, 0.29) is 17.0 Å². The van der Waals surface area contributed by atoms with Gasteiger partial charge in [0.2, 0.25) is 10.0 Å². The van der Waals surface area contributed by atoms with Gasteiger partial charge >= 0.3 is 5.97 Å². The van der Waals surface area contributed by atoms with Gasteiger partial charge in [0.05, 0.1) is 22.4 Å². The predicted molar refractivity (Wildman–Crippen MR) is 120 cm³/mol. The normalized spacial score (nSPS) is 17.2. The van der Waals surface area contributed by atoms with Crippen LogP contribution in [0.3, 0.4) is 0 Å². The molecule has 1 unspecified atom stereocenters. The molecular formula is C20H19ClN4O5S2. The number of carbonyl (C=O) groups excluding carboxylic acids is 2. The lowest BCUT2D eigenvalue weighted by molar-refractivity contribution is -0.152. The second kappa shape index (κ2) is 9.49. The van der Waals surface area contributed by atoms with Crippen LogP contribution in [0.2, 0.25) is 5.02 Å². The maximum absolute atomic E-state index is 13.4. The second-order valence-corrected chi connectivity index (χ2v) is 9.95. The summed E-state index contributed by atoms with van der Waals surface area (Å²) in [6, 6.07) is 10.4. The minimum Gasteiger partial charge on any atom is -0.454 e. The zero-order valence-electron chi connectivity index (χ0n) is 16.7. The molecule has 1 amide bonds. The molecule has 0 bridgehead atoms. The van der Waals surface area contributed by atoms with Crippen LogP contribution in [0.4, 0.5) is 5.69 Å². The molecule has 0 spiro atoms. The van der Waals surface area contributed by atoms with E-state index in [2.05, 4.69) is 14.1 Å². The quantitative estimate of drug-likeness (QED) is 0.523. The van der Waals surface area contributed by atoms with Crippen LogP contribution in [0.1, 0.15) is 19.3 Å². The third-order valence-electron chi connectivity index (χ3n) is 5.05. The van der Waals surface area contributed by atoms with Crippen LogP contribution in [0.25, 0.3) is 11.0 Å². The molecule has 4 rings (SSSR count). The first-order valence-corrected chi connectivity index (χ1v) is 12.4. The maximum Gasteiger partial charge on any atom is 0.324 e. The minimum absolute atomic E-state index is 0.0000810. The molecule has 1 aromatic heterocycles. The maximum atomic E-state index is 13.4. The number of fused-ring (bicyclic) bond motifs is 1. The van der Waals surface area contributed by atoms with Gasteiger partial charge in [0, 0.05) is 6.54 Å². The molecule has 3 aromatic rings. The number of halogens is 1. The lowest BCUT2D eigenvalue weighted by Gasteiger charge is -2.32. The molecule has 0 saturated carbocycles. The first-order chi connectivity index (χ1) is 15.4. The number of rotatable bonds is 6. The van der Waals surface area contributed by atoms with E-state index < -0.39 is 34.5 Å². The van der Waals surface area contributed by atoms with Crippen LogP contribution in [0.5, 0.6) is 0 Å². The number of sulfonamides is 1. The van der Waals surface area contributed by atoms with Crippen molar-refractivity contribution in [1.82, 2.24) is 13.1 Å². The molecule has 1 aliphatic heterocycles. The number of ether oxygens (including phenoxy) is 1. The number of esters is 1. The minimum atomic E-state index is -4.03. The van der Waals surface area contributed by atoms with Crippen LogP contribution in [0, 0.1) is 0 Å². The van der Waals surface area contributed by atoms with Crippen LogP contribution < -0.4 is 5.32 Å².